The average Bonchev–Trinajstić information content (AvgIpc) is 3.45. The van der Waals surface area contributed by atoms with Crippen LogP contribution in [0.2, 0.25) is 0 Å². The van der Waals surface area contributed by atoms with Crippen LogP contribution in [0.4, 0.5) is 5.69 Å². The normalized spacial score (nSPS) is 11.3. The van der Waals surface area contributed by atoms with Crippen LogP contribution < -0.4 is 4.72 Å². The zero-order valence-electron chi connectivity index (χ0n) is 17.4. The number of carbonyl (C=O) groups excluding carboxylic acids is 1. The van der Waals surface area contributed by atoms with E-state index < -0.39 is 16.0 Å². The summed E-state index contributed by atoms with van der Waals surface area (Å²) in [6.45, 7) is 3.37. The SMILES string of the molecule is Cc1ccc(C)c(S(=O)(=O)Nc2ccccc2C(=O)OCc2cc(-c3ccco3)on2)c1. The fraction of sp³-hybridized carbons (Fsp3) is 0.130. The first-order valence-electron chi connectivity index (χ1n) is 9.69. The molecule has 9 heteroatoms. The van der Waals surface area contributed by atoms with E-state index in [1.54, 1.807) is 49.4 Å². The number of sulfonamides is 1. The van der Waals surface area contributed by atoms with Gasteiger partial charge in [0.05, 0.1) is 22.4 Å². The molecule has 0 fully saturated rings. The summed E-state index contributed by atoms with van der Waals surface area (Å²) < 4.78 is 44.1. The number of furan rings is 1. The molecule has 1 N–H and O–H groups in total. The number of ether oxygens (including phenoxy) is 1. The molecule has 0 saturated carbocycles. The van der Waals surface area contributed by atoms with Crippen molar-refractivity contribution in [2.45, 2.75) is 25.3 Å². The van der Waals surface area contributed by atoms with Crippen LogP contribution in [-0.2, 0) is 21.4 Å². The first kappa shape index (κ1) is 21.4. The molecule has 0 aliphatic carbocycles. The summed E-state index contributed by atoms with van der Waals surface area (Å²) in [6, 6.07) is 16.4. The Morgan fingerprint density at radius 1 is 1.03 bits per heavy atom. The minimum Gasteiger partial charge on any atom is -0.461 e. The van der Waals surface area contributed by atoms with Crippen LogP contribution >= 0.6 is 0 Å². The van der Waals surface area contributed by atoms with E-state index in [2.05, 4.69) is 9.88 Å². The lowest BCUT2D eigenvalue weighted by Gasteiger charge is -2.14. The second-order valence-electron chi connectivity index (χ2n) is 7.16. The van der Waals surface area contributed by atoms with Crippen molar-refractivity contribution in [1.82, 2.24) is 5.16 Å². The van der Waals surface area contributed by atoms with E-state index in [-0.39, 0.29) is 22.8 Å². The number of esters is 1. The van der Waals surface area contributed by atoms with E-state index in [4.69, 9.17) is 13.7 Å². The van der Waals surface area contributed by atoms with Gasteiger partial charge in [-0.25, -0.2) is 13.2 Å². The predicted molar refractivity (Wildman–Crippen MR) is 116 cm³/mol. The van der Waals surface area contributed by atoms with E-state index in [1.165, 1.54) is 18.4 Å². The topological polar surface area (TPSA) is 112 Å². The molecule has 0 bridgehead atoms. The van der Waals surface area contributed by atoms with Gasteiger partial charge in [0.25, 0.3) is 10.0 Å². The molecule has 0 radical (unpaired) electrons. The summed E-state index contributed by atoms with van der Waals surface area (Å²) in [5.74, 6) is 0.204. The van der Waals surface area contributed by atoms with Crippen molar-refractivity contribution in [2.24, 2.45) is 0 Å². The molecule has 0 spiro atoms. The Morgan fingerprint density at radius 2 is 1.84 bits per heavy atom. The molecule has 32 heavy (non-hydrogen) atoms. The van der Waals surface area contributed by atoms with E-state index >= 15 is 0 Å². The first-order valence-corrected chi connectivity index (χ1v) is 11.2. The number of nitrogens with one attached hydrogen (secondary N) is 1. The van der Waals surface area contributed by atoms with Gasteiger partial charge in [-0.1, -0.05) is 29.4 Å². The Balaban J connectivity index is 1.50. The molecule has 2 aromatic heterocycles. The third-order valence-corrected chi connectivity index (χ3v) is 6.21. The summed E-state index contributed by atoms with van der Waals surface area (Å²) in [4.78, 5) is 12.8. The smallest absolute Gasteiger partial charge is 0.340 e. The Bertz CT molecular complexity index is 1360. The van der Waals surface area contributed by atoms with Crippen LogP contribution in [0.1, 0.15) is 27.2 Å². The summed E-state index contributed by atoms with van der Waals surface area (Å²) in [7, 11) is -3.91. The summed E-state index contributed by atoms with van der Waals surface area (Å²) in [5.41, 5.74) is 2.00. The van der Waals surface area contributed by atoms with Gasteiger partial charge in [-0.2, -0.15) is 0 Å². The third-order valence-electron chi connectivity index (χ3n) is 4.70. The third kappa shape index (κ3) is 4.57. The Morgan fingerprint density at radius 3 is 2.62 bits per heavy atom. The number of hydrogen-bond acceptors (Lipinski definition) is 7. The van der Waals surface area contributed by atoms with E-state index in [0.29, 0.717) is 22.8 Å². The van der Waals surface area contributed by atoms with Gasteiger partial charge in [-0.05, 0) is 55.3 Å². The minimum atomic E-state index is -3.91. The first-order chi connectivity index (χ1) is 15.3. The quantitative estimate of drug-likeness (QED) is 0.404. The van der Waals surface area contributed by atoms with Crippen LogP contribution in [0, 0.1) is 13.8 Å². The number of para-hydroxylation sites is 1. The maximum Gasteiger partial charge on any atom is 0.340 e. The zero-order chi connectivity index (χ0) is 22.7. The van der Waals surface area contributed by atoms with Gasteiger partial charge < -0.3 is 13.7 Å². The molecule has 8 nitrogen and oxygen atoms in total. The van der Waals surface area contributed by atoms with Crippen molar-refractivity contribution in [1.29, 1.82) is 0 Å². The number of hydrogen-bond donors (Lipinski definition) is 1. The molecule has 0 amide bonds. The Hall–Kier alpha value is -3.85. The molecule has 0 unspecified atom stereocenters. The number of benzene rings is 2. The molecular formula is C23H20N2O6S. The van der Waals surface area contributed by atoms with Crippen molar-refractivity contribution in [2.75, 3.05) is 4.72 Å². The van der Waals surface area contributed by atoms with Crippen molar-refractivity contribution >= 4 is 21.7 Å². The molecule has 4 rings (SSSR count). The van der Waals surface area contributed by atoms with Crippen molar-refractivity contribution in [3.8, 4) is 11.5 Å². The highest BCUT2D eigenvalue weighted by atomic mass is 32.2. The van der Waals surface area contributed by atoms with Crippen LogP contribution in [0.5, 0.6) is 0 Å². The van der Waals surface area contributed by atoms with E-state index in [9.17, 15) is 13.2 Å². The number of carbonyl (C=O) groups is 1. The van der Waals surface area contributed by atoms with Gasteiger partial charge in [0.15, 0.2) is 5.76 Å². The van der Waals surface area contributed by atoms with Gasteiger partial charge >= 0.3 is 5.97 Å². The summed E-state index contributed by atoms with van der Waals surface area (Å²) in [5, 5.41) is 3.85. The second kappa shape index (κ2) is 8.72. The van der Waals surface area contributed by atoms with Crippen molar-refractivity contribution < 1.29 is 26.9 Å². The lowest BCUT2D eigenvalue weighted by atomic mass is 10.2. The molecule has 164 valence electrons. The van der Waals surface area contributed by atoms with E-state index in [1.807, 2.05) is 13.0 Å². The van der Waals surface area contributed by atoms with Crippen LogP contribution in [0.15, 0.2) is 80.8 Å². The fourth-order valence-electron chi connectivity index (χ4n) is 3.08. The van der Waals surface area contributed by atoms with Crippen LogP contribution in [0.25, 0.3) is 11.5 Å². The lowest BCUT2D eigenvalue weighted by molar-refractivity contribution is 0.0465. The van der Waals surface area contributed by atoms with Gasteiger partial charge in [0.2, 0.25) is 5.76 Å². The molecule has 4 aromatic rings. The number of anilines is 1. The molecule has 0 aliphatic heterocycles. The highest BCUT2D eigenvalue weighted by Crippen LogP contribution is 2.25. The molecule has 0 aliphatic rings. The average molecular weight is 452 g/mol. The fourth-order valence-corrected chi connectivity index (χ4v) is 4.49. The largest absolute Gasteiger partial charge is 0.461 e. The highest BCUT2D eigenvalue weighted by Gasteiger charge is 2.21. The Kier molecular flexibility index (Phi) is 5.83. The molecule has 2 heterocycles. The second-order valence-corrected chi connectivity index (χ2v) is 8.81. The van der Waals surface area contributed by atoms with Gasteiger partial charge in [0, 0.05) is 6.07 Å². The maximum absolute atomic E-state index is 12.9. The van der Waals surface area contributed by atoms with E-state index in [0.717, 1.165) is 5.56 Å². The minimum absolute atomic E-state index is 0.0798. The van der Waals surface area contributed by atoms with Gasteiger partial charge in [-0.15, -0.1) is 0 Å². The number of rotatable bonds is 7. The Labute approximate surface area is 184 Å². The maximum atomic E-state index is 12.9. The molecule has 2 aromatic carbocycles. The monoisotopic (exact) mass is 452 g/mol. The van der Waals surface area contributed by atoms with Crippen molar-refractivity contribution in [3.63, 3.8) is 0 Å². The zero-order valence-corrected chi connectivity index (χ0v) is 18.2. The van der Waals surface area contributed by atoms with Gasteiger partial charge in [0.1, 0.15) is 12.3 Å². The number of nitrogens with zero attached hydrogens (tertiary/aromatic N) is 1. The van der Waals surface area contributed by atoms with Crippen molar-refractivity contribution in [3.05, 3.63) is 89.3 Å². The van der Waals surface area contributed by atoms with Crippen LogP contribution in [-0.4, -0.2) is 19.5 Å². The van der Waals surface area contributed by atoms with Gasteiger partial charge in [-0.3, -0.25) is 4.72 Å². The molecule has 0 atom stereocenters. The predicted octanol–water partition coefficient (Wildman–Crippen LogP) is 4.71. The molecule has 0 saturated heterocycles. The number of aryl methyl sites for hydroxylation is 2. The standard InChI is InChI=1S/C23H20N2O6S/c1-15-9-10-16(2)22(12-15)32(27,28)25-19-7-4-3-6-18(19)23(26)30-14-17-13-21(31-24-17)20-8-5-11-29-20/h3-13,25H,14H2,1-2H3. The summed E-state index contributed by atoms with van der Waals surface area (Å²) in [6.07, 6.45) is 1.51. The summed E-state index contributed by atoms with van der Waals surface area (Å²) >= 11 is 0. The highest BCUT2D eigenvalue weighted by molar-refractivity contribution is 7.92. The molecular weight excluding hydrogens is 432 g/mol. The van der Waals surface area contributed by atoms with Crippen LogP contribution in [0.3, 0.4) is 0 Å². The number of aromatic nitrogens is 1. The lowest BCUT2D eigenvalue weighted by Crippen LogP contribution is -2.17.